The largest absolute Gasteiger partial charge is 0.492 e. The Kier molecular flexibility index (Phi) is 5.76. The van der Waals surface area contributed by atoms with Gasteiger partial charge < -0.3 is 10.1 Å². The van der Waals surface area contributed by atoms with Crippen LogP contribution < -0.4 is 10.1 Å². The van der Waals surface area contributed by atoms with Crippen molar-refractivity contribution in [2.75, 3.05) is 13.2 Å². The normalized spacial score (nSPS) is 10.2. The summed E-state index contributed by atoms with van der Waals surface area (Å²) >= 11 is 0. The third-order valence-electron chi connectivity index (χ3n) is 3.76. The Hall–Kier alpha value is -3.16. The van der Waals surface area contributed by atoms with Gasteiger partial charge in [-0.3, -0.25) is 4.98 Å². The fraction of sp³-hybridized carbons (Fsp3) is 0.143. The quantitative estimate of drug-likeness (QED) is 0.670. The molecule has 0 unspecified atom stereocenters. The lowest BCUT2D eigenvalue weighted by Gasteiger charge is -2.08. The van der Waals surface area contributed by atoms with Gasteiger partial charge in [0.05, 0.1) is 11.6 Å². The molecule has 0 saturated carbocycles. The number of rotatable bonds is 7. The van der Waals surface area contributed by atoms with Crippen LogP contribution in [0.25, 0.3) is 11.1 Å². The van der Waals surface area contributed by atoms with Gasteiger partial charge in [-0.05, 0) is 41.5 Å². The van der Waals surface area contributed by atoms with Crippen LogP contribution in [0.3, 0.4) is 0 Å². The van der Waals surface area contributed by atoms with E-state index in [1.807, 2.05) is 42.7 Å². The van der Waals surface area contributed by atoms with Crippen molar-refractivity contribution in [3.05, 3.63) is 84.2 Å². The van der Waals surface area contributed by atoms with Gasteiger partial charge in [-0.2, -0.15) is 5.26 Å². The highest BCUT2D eigenvalue weighted by atomic mass is 16.5. The molecule has 0 atom stereocenters. The lowest BCUT2D eigenvalue weighted by atomic mass is 10.1. The predicted molar refractivity (Wildman–Crippen MR) is 98.0 cm³/mol. The summed E-state index contributed by atoms with van der Waals surface area (Å²) in [4.78, 5) is 4.33. The van der Waals surface area contributed by atoms with E-state index >= 15 is 0 Å². The van der Waals surface area contributed by atoms with E-state index in [9.17, 15) is 0 Å². The highest BCUT2D eigenvalue weighted by molar-refractivity contribution is 5.62. The van der Waals surface area contributed by atoms with E-state index in [0.717, 1.165) is 30.0 Å². The van der Waals surface area contributed by atoms with Gasteiger partial charge in [-0.25, -0.2) is 0 Å². The molecule has 0 spiro atoms. The van der Waals surface area contributed by atoms with Crippen LogP contribution >= 0.6 is 0 Å². The maximum Gasteiger partial charge on any atom is 0.119 e. The predicted octanol–water partition coefficient (Wildman–Crippen LogP) is 3.79. The minimum atomic E-state index is 0.567. The molecule has 0 saturated heterocycles. The monoisotopic (exact) mass is 329 g/mol. The number of ether oxygens (including phenoxy) is 1. The number of pyridine rings is 1. The molecule has 4 heteroatoms. The van der Waals surface area contributed by atoms with E-state index in [4.69, 9.17) is 10.00 Å². The average Bonchev–Trinajstić information content (AvgIpc) is 2.69. The van der Waals surface area contributed by atoms with Crippen molar-refractivity contribution >= 4 is 0 Å². The van der Waals surface area contributed by atoms with Gasteiger partial charge in [0.2, 0.25) is 0 Å². The molecule has 2 aromatic carbocycles. The van der Waals surface area contributed by atoms with Crippen molar-refractivity contribution in [3.8, 4) is 22.9 Å². The summed E-state index contributed by atoms with van der Waals surface area (Å²) in [5.74, 6) is 0.772. The van der Waals surface area contributed by atoms with E-state index in [0.29, 0.717) is 12.2 Å². The second-order valence-corrected chi connectivity index (χ2v) is 5.61. The molecule has 0 aliphatic carbocycles. The molecule has 1 heterocycles. The molecule has 124 valence electrons. The molecule has 4 nitrogen and oxygen atoms in total. The van der Waals surface area contributed by atoms with Crippen LogP contribution in [-0.2, 0) is 6.54 Å². The summed E-state index contributed by atoms with van der Waals surface area (Å²) in [7, 11) is 0. The highest BCUT2D eigenvalue weighted by Crippen LogP contribution is 2.18. The SMILES string of the molecule is N#Cc1ccc(OCCNCc2cncc(-c3ccccc3)c2)cc1. The maximum absolute atomic E-state index is 8.77. The van der Waals surface area contributed by atoms with E-state index in [1.54, 1.807) is 12.1 Å². The van der Waals surface area contributed by atoms with Crippen molar-refractivity contribution in [2.45, 2.75) is 6.54 Å². The van der Waals surface area contributed by atoms with Crippen molar-refractivity contribution < 1.29 is 4.74 Å². The standard InChI is InChI=1S/C21H19N3O/c22-13-17-6-8-21(9-7-17)25-11-10-23-14-18-12-20(16-24-15-18)19-4-2-1-3-5-19/h1-9,12,15-16,23H,10-11,14H2. The molecular weight excluding hydrogens is 310 g/mol. The van der Waals surface area contributed by atoms with Crippen LogP contribution in [0, 0.1) is 11.3 Å². The number of nitrogens with zero attached hydrogens (tertiary/aromatic N) is 2. The zero-order valence-electron chi connectivity index (χ0n) is 13.9. The molecule has 1 N–H and O–H groups in total. The van der Waals surface area contributed by atoms with Crippen molar-refractivity contribution in [1.29, 1.82) is 5.26 Å². The van der Waals surface area contributed by atoms with Gasteiger partial charge in [0.25, 0.3) is 0 Å². The van der Waals surface area contributed by atoms with Gasteiger partial charge in [0, 0.05) is 31.0 Å². The van der Waals surface area contributed by atoms with Gasteiger partial charge in [0.1, 0.15) is 12.4 Å². The molecular formula is C21H19N3O. The molecule has 0 aliphatic rings. The van der Waals surface area contributed by atoms with Crippen molar-refractivity contribution in [2.24, 2.45) is 0 Å². The average molecular weight is 329 g/mol. The summed E-state index contributed by atoms with van der Waals surface area (Å²) in [6.07, 6.45) is 3.76. The molecule has 0 fully saturated rings. The van der Waals surface area contributed by atoms with Crippen LogP contribution in [0.15, 0.2) is 73.1 Å². The Morgan fingerprint density at radius 1 is 0.960 bits per heavy atom. The summed E-state index contributed by atoms with van der Waals surface area (Å²) < 4.78 is 5.65. The fourth-order valence-corrected chi connectivity index (χ4v) is 2.47. The minimum absolute atomic E-state index is 0.567. The van der Waals surface area contributed by atoms with Crippen LogP contribution in [0.4, 0.5) is 0 Å². The molecule has 0 radical (unpaired) electrons. The number of nitrogens with one attached hydrogen (secondary N) is 1. The summed E-state index contributed by atoms with van der Waals surface area (Å²) in [5, 5.41) is 12.1. The smallest absolute Gasteiger partial charge is 0.119 e. The Bertz CT molecular complexity index is 839. The molecule has 0 amide bonds. The number of aromatic nitrogens is 1. The first kappa shape index (κ1) is 16.7. The van der Waals surface area contributed by atoms with Gasteiger partial charge in [-0.15, -0.1) is 0 Å². The Morgan fingerprint density at radius 2 is 1.76 bits per heavy atom. The topological polar surface area (TPSA) is 57.9 Å². The zero-order chi connectivity index (χ0) is 17.3. The first-order valence-electron chi connectivity index (χ1n) is 8.18. The Morgan fingerprint density at radius 3 is 2.52 bits per heavy atom. The molecule has 3 rings (SSSR count). The lowest BCUT2D eigenvalue weighted by molar-refractivity contribution is 0.313. The Labute approximate surface area is 147 Å². The fourth-order valence-electron chi connectivity index (χ4n) is 2.47. The number of hydrogen-bond donors (Lipinski definition) is 1. The molecule has 0 bridgehead atoms. The third kappa shape index (κ3) is 4.90. The zero-order valence-corrected chi connectivity index (χ0v) is 13.9. The number of benzene rings is 2. The molecule has 3 aromatic rings. The summed E-state index contributed by atoms with van der Waals surface area (Å²) in [6.45, 7) is 2.04. The molecule has 0 aliphatic heterocycles. The lowest BCUT2D eigenvalue weighted by Crippen LogP contribution is -2.20. The second-order valence-electron chi connectivity index (χ2n) is 5.61. The van der Waals surface area contributed by atoms with Crippen LogP contribution in [0.1, 0.15) is 11.1 Å². The third-order valence-corrected chi connectivity index (χ3v) is 3.76. The molecule has 25 heavy (non-hydrogen) atoms. The van der Waals surface area contributed by atoms with Gasteiger partial charge >= 0.3 is 0 Å². The highest BCUT2D eigenvalue weighted by Gasteiger charge is 2.00. The summed E-state index contributed by atoms with van der Waals surface area (Å²) in [6, 6.07) is 21.6. The van der Waals surface area contributed by atoms with E-state index in [2.05, 4.69) is 34.6 Å². The van der Waals surface area contributed by atoms with Crippen molar-refractivity contribution in [3.63, 3.8) is 0 Å². The van der Waals surface area contributed by atoms with E-state index < -0.39 is 0 Å². The Balaban J connectivity index is 1.45. The van der Waals surface area contributed by atoms with Gasteiger partial charge in [0.15, 0.2) is 0 Å². The van der Waals surface area contributed by atoms with Crippen LogP contribution in [-0.4, -0.2) is 18.1 Å². The van der Waals surface area contributed by atoms with E-state index in [1.165, 1.54) is 5.56 Å². The van der Waals surface area contributed by atoms with Crippen molar-refractivity contribution in [1.82, 2.24) is 10.3 Å². The first-order chi connectivity index (χ1) is 12.3. The van der Waals surface area contributed by atoms with E-state index in [-0.39, 0.29) is 0 Å². The van der Waals surface area contributed by atoms with Crippen LogP contribution in [0.2, 0.25) is 0 Å². The molecule has 1 aromatic heterocycles. The number of hydrogen-bond acceptors (Lipinski definition) is 4. The van der Waals surface area contributed by atoms with Gasteiger partial charge in [-0.1, -0.05) is 30.3 Å². The second kappa shape index (κ2) is 8.62. The van der Waals surface area contributed by atoms with Crippen LogP contribution in [0.5, 0.6) is 5.75 Å². The number of nitriles is 1. The minimum Gasteiger partial charge on any atom is -0.492 e. The maximum atomic E-state index is 8.77. The summed E-state index contributed by atoms with van der Waals surface area (Å²) in [5.41, 5.74) is 4.06. The first-order valence-corrected chi connectivity index (χ1v) is 8.18.